The third kappa shape index (κ3) is 4.47. The van der Waals surface area contributed by atoms with Crippen molar-refractivity contribution in [2.45, 2.75) is 52.5 Å². The number of carbonyl (C=O) groups excluding carboxylic acids is 1. The minimum Gasteiger partial charge on any atom is -0.494 e. The van der Waals surface area contributed by atoms with Crippen LogP contribution in [0.15, 0.2) is 18.2 Å². The number of nitrogens with zero attached hydrogens (tertiary/aromatic N) is 1. The Kier molecular flexibility index (Phi) is 6.25. The number of aryl methyl sites for hydroxylation is 1. The first kappa shape index (κ1) is 16.8. The summed E-state index contributed by atoms with van der Waals surface area (Å²) in [5, 5.41) is 3.03. The average Bonchev–Trinajstić information content (AvgIpc) is 2.78. The highest BCUT2D eigenvalue weighted by Crippen LogP contribution is 2.22. The summed E-state index contributed by atoms with van der Waals surface area (Å²) in [6, 6.07) is 5.72. The van der Waals surface area contributed by atoms with Gasteiger partial charge >= 0.3 is 0 Å². The first-order chi connectivity index (χ1) is 10.6. The minimum absolute atomic E-state index is 0.0745. The van der Waals surface area contributed by atoms with Gasteiger partial charge in [0.25, 0.3) is 0 Å². The zero-order valence-electron chi connectivity index (χ0n) is 14.0. The lowest BCUT2D eigenvalue weighted by molar-refractivity contribution is -0.120. The summed E-state index contributed by atoms with van der Waals surface area (Å²) in [6.07, 6.45) is 4.95. The lowest BCUT2D eigenvalue weighted by Crippen LogP contribution is -2.42. The summed E-state index contributed by atoms with van der Waals surface area (Å²) in [4.78, 5) is 14.8. The Balaban J connectivity index is 1.97. The van der Waals surface area contributed by atoms with Crippen LogP contribution in [0.4, 0.5) is 5.69 Å². The number of hydrogen-bond donors (Lipinski definition) is 1. The Hall–Kier alpha value is -1.55. The van der Waals surface area contributed by atoms with Crippen LogP contribution >= 0.6 is 0 Å². The summed E-state index contributed by atoms with van der Waals surface area (Å²) in [6.45, 7) is 8.67. The fourth-order valence-electron chi connectivity index (χ4n) is 2.94. The quantitative estimate of drug-likeness (QED) is 0.903. The number of nitrogens with one attached hydrogen (secondary N) is 1. The molecule has 0 radical (unpaired) electrons. The minimum atomic E-state index is -0.0787. The van der Waals surface area contributed by atoms with Gasteiger partial charge in [-0.1, -0.05) is 12.8 Å². The molecule has 0 aliphatic carbocycles. The summed E-state index contributed by atoms with van der Waals surface area (Å²) in [5.41, 5.74) is 1.88. The molecule has 1 aromatic rings. The maximum absolute atomic E-state index is 12.5. The molecule has 0 saturated carbocycles. The molecule has 4 nitrogen and oxygen atoms in total. The molecular weight excluding hydrogens is 276 g/mol. The number of rotatable bonds is 5. The standard InChI is InChI=1S/C18H28N2O2/c1-4-22-17-10-9-16(13-14(17)2)19-18(21)15(3)20-11-7-5-6-8-12-20/h9-10,13,15H,4-8,11-12H2,1-3H3,(H,19,21). The fraction of sp³-hybridized carbons (Fsp3) is 0.611. The van der Waals surface area contributed by atoms with E-state index in [9.17, 15) is 4.79 Å². The van der Waals surface area contributed by atoms with Crippen LogP contribution in [0.3, 0.4) is 0 Å². The Morgan fingerprint density at radius 3 is 2.55 bits per heavy atom. The lowest BCUT2D eigenvalue weighted by Gasteiger charge is -2.26. The van der Waals surface area contributed by atoms with Crippen LogP contribution in [0.2, 0.25) is 0 Å². The maximum atomic E-state index is 12.5. The molecule has 1 aromatic carbocycles. The Labute approximate surface area is 133 Å². The van der Waals surface area contributed by atoms with Crippen molar-refractivity contribution in [3.8, 4) is 5.75 Å². The third-order valence-electron chi connectivity index (χ3n) is 4.31. The summed E-state index contributed by atoms with van der Waals surface area (Å²) >= 11 is 0. The summed E-state index contributed by atoms with van der Waals surface area (Å²) < 4.78 is 5.53. The van der Waals surface area contributed by atoms with Crippen molar-refractivity contribution >= 4 is 11.6 Å². The van der Waals surface area contributed by atoms with E-state index in [0.29, 0.717) is 6.61 Å². The molecule has 1 saturated heterocycles. The second-order valence-electron chi connectivity index (χ2n) is 6.03. The van der Waals surface area contributed by atoms with Gasteiger partial charge in [0.15, 0.2) is 0 Å². The first-order valence-corrected chi connectivity index (χ1v) is 8.40. The number of hydrogen-bond acceptors (Lipinski definition) is 3. The number of carbonyl (C=O) groups is 1. The van der Waals surface area contributed by atoms with Crippen LogP contribution in [-0.2, 0) is 4.79 Å². The van der Waals surface area contributed by atoms with E-state index in [1.54, 1.807) is 0 Å². The van der Waals surface area contributed by atoms with Gasteiger partial charge in [-0.25, -0.2) is 0 Å². The number of benzene rings is 1. The number of ether oxygens (including phenoxy) is 1. The normalized spacial score (nSPS) is 17.6. The molecule has 1 unspecified atom stereocenters. The number of anilines is 1. The van der Waals surface area contributed by atoms with Crippen molar-refractivity contribution < 1.29 is 9.53 Å². The molecule has 1 aliphatic heterocycles. The number of likely N-dealkylation sites (tertiary alicyclic amines) is 1. The molecule has 122 valence electrons. The van der Waals surface area contributed by atoms with Gasteiger partial charge in [-0.2, -0.15) is 0 Å². The van der Waals surface area contributed by atoms with Crippen molar-refractivity contribution in [2.75, 3.05) is 25.0 Å². The molecule has 1 atom stereocenters. The van der Waals surface area contributed by atoms with Gasteiger partial charge in [0, 0.05) is 5.69 Å². The molecule has 1 N–H and O–H groups in total. The molecule has 4 heteroatoms. The molecular formula is C18H28N2O2. The van der Waals surface area contributed by atoms with Crippen molar-refractivity contribution in [3.05, 3.63) is 23.8 Å². The van der Waals surface area contributed by atoms with E-state index >= 15 is 0 Å². The van der Waals surface area contributed by atoms with Gasteiger partial charge in [-0.15, -0.1) is 0 Å². The van der Waals surface area contributed by atoms with Crippen molar-refractivity contribution in [3.63, 3.8) is 0 Å². The smallest absolute Gasteiger partial charge is 0.241 e. The van der Waals surface area contributed by atoms with E-state index in [4.69, 9.17) is 4.74 Å². The van der Waals surface area contributed by atoms with E-state index in [2.05, 4.69) is 10.2 Å². The van der Waals surface area contributed by atoms with Crippen molar-refractivity contribution in [2.24, 2.45) is 0 Å². The van der Waals surface area contributed by atoms with Crippen LogP contribution in [0, 0.1) is 6.92 Å². The van der Waals surface area contributed by atoms with Crippen LogP contribution in [0.25, 0.3) is 0 Å². The molecule has 1 aliphatic rings. The van der Waals surface area contributed by atoms with E-state index in [-0.39, 0.29) is 11.9 Å². The zero-order chi connectivity index (χ0) is 15.9. The van der Waals surface area contributed by atoms with Crippen LogP contribution in [0.1, 0.15) is 45.1 Å². The molecule has 22 heavy (non-hydrogen) atoms. The van der Waals surface area contributed by atoms with Crippen LogP contribution < -0.4 is 10.1 Å². The van der Waals surface area contributed by atoms with Gasteiger partial charge in [0.05, 0.1) is 12.6 Å². The Morgan fingerprint density at radius 2 is 1.95 bits per heavy atom. The van der Waals surface area contributed by atoms with Gasteiger partial charge in [0.1, 0.15) is 5.75 Å². The van der Waals surface area contributed by atoms with E-state index in [1.807, 2.05) is 39.0 Å². The molecule has 0 spiro atoms. The molecule has 2 rings (SSSR count). The highest BCUT2D eigenvalue weighted by molar-refractivity contribution is 5.94. The molecule has 1 heterocycles. The highest BCUT2D eigenvalue weighted by atomic mass is 16.5. The van der Waals surface area contributed by atoms with Gasteiger partial charge in [0.2, 0.25) is 5.91 Å². The highest BCUT2D eigenvalue weighted by Gasteiger charge is 2.22. The van der Waals surface area contributed by atoms with Crippen molar-refractivity contribution in [1.29, 1.82) is 0 Å². The maximum Gasteiger partial charge on any atom is 0.241 e. The van der Waals surface area contributed by atoms with Crippen LogP contribution in [0.5, 0.6) is 5.75 Å². The van der Waals surface area contributed by atoms with Gasteiger partial charge in [-0.3, -0.25) is 9.69 Å². The largest absolute Gasteiger partial charge is 0.494 e. The molecule has 1 amide bonds. The monoisotopic (exact) mass is 304 g/mol. The molecule has 0 bridgehead atoms. The van der Waals surface area contributed by atoms with Crippen LogP contribution in [-0.4, -0.2) is 36.5 Å². The Morgan fingerprint density at radius 1 is 1.27 bits per heavy atom. The third-order valence-corrected chi connectivity index (χ3v) is 4.31. The fourth-order valence-corrected chi connectivity index (χ4v) is 2.94. The van der Waals surface area contributed by atoms with Gasteiger partial charge in [-0.05, 0) is 70.5 Å². The Bertz CT molecular complexity index is 494. The second-order valence-corrected chi connectivity index (χ2v) is 6.03. The van der Waals surface area contributed by atoms with E-state index < -0.39 is 0 Å². The van der Waals surface area contributed by atoms with E-state index in [0.717, 1.165) is 30.1 Å². The van der Waals surface area contributed by atoms with Gasteiger partial charge < -0.3 is 10.1 Å². The first-order valence-electron chi connectivity index (χ1n) is 8.40. The topological polar surface area (TPSA) is 41.6 Å². The predicted molar refractivity (Wildman–Crippen MR) is 90.5 cm³/mol. The zero-order valence-corrected chi connectivity index (χ0v) is 14.0. The average molecular weight is 304 g/mol. The lowest BCUT2D eigenvalue weighted by atomic mass is 10.2. The predicted octanol–water partition coefficient (Wildman–Crippen LogP) is 3.60. The molecule has 0 aromatic heterocycles. The second kappa shape index (κ2) is 8.18. The SMILES string of the molecule is CCOc1ccc(NC(=O)C(C)N2CCCCCC2)cc1C. The van der Waals surface area contributed by atoms with E-state index in [1.165, 1.54) is 25.7 Å². The summed E-state index contributed by atoms with van der Waals surface area (Å²) in [7, 11) is 0. The summed E-state index contributed by atoms with van der Waals surface area (Å²) in [5.74, 6) is 0.950. The molecule has 1 fully saturated rings. The van der Waals surface area contributed by atoms with Crippen molar-refractivity contribution in [1.82, 2.24) is 4.90 Å². The number of amides is 1.